The fourth-order valence-electron chi connectivity index (χ4n) is 2.22. The van der Waals surface area contributed by atoms with E-state index in [-0.39, 0.29) is 5.95 Å². The van der Waals surface area contributed by atoms with E-state index < -0.39 is 24.5 Å². The number of anilines is 1. The number of halogens is 1. The SMILES string of the molecule is Nc1nc2c(ncn2[C@@H]2O[C@H](CI)[C@H](O)[C@@H]2O)c(=S)[nH]1. The third kappa shape index (κ3) is 2.11. The number of imidazole rings is 1. The second-order valence-corrected chi connectivity index (χ2v) is 5.76. The quantitative estimate of drug-likeness (QED) is 0.316. The summed E-state index contributed by atoms with van der Waals surface area (Å²) in [5.41, 5.74) is 6.52. The third-order valence-electron chi connectivity index (χ3n) is 3.21. The van der Waals surface area contributed by atoms with Crippen molar-refractivity contribution in [3.05, 3.63) is 11.0 Å². The van der Waals surface area contributed by atoms with Crippen molar-refractivity contribution in [3.8, 4) is 0 Å². The van der Waals surface area contributed by atoms with Gasteiger partial charge in [0.25, 0.3) is 0 Å². The molecule has 0 aliphatic carbocycles. The minimum Gasteiger partial charge on any atom is -0.387 e. The lowest BCUT2D eigenvalue weighted by molar-refractivity contribution is -0.0283. The van der Waals surface area contributed by atoms with Gasteiger partial charge in [-0.05, 0) is 0 Å². The van der Waals surface area contributed by atoms with Crippen molar-refractivity contribution in [2.75, 3.05) is 10.2 Å². The van der Waals surface area contributed by atoms with Gasteiger partial charge < -0.3 is 25.7 Å². The van der Waals surface area contributed by atoms with Gasteiger partial charge in [0.1, 0.15) is 22.4 Å². The zero-order valence-electron chi connectivity index (χ0n) is 10.1. The first-order valence-corrected chi connectivity index (χ1v) is 7.76. The molecule has 5 N–H and O–H groups in total. The topological polar surface area (TPSA) is 122 Å². The number of hydrogen-bond donors (Lipinski definition) is 4. The van der Waals surface area contributed by atoms with Gasteiger partial charge in [-0.1, -0.05) is 34.8 Å². The summed E-state index contributed by atoms with van der Waals surface area (Å²) >= 11 is 7.22. The zero-order chi connectivity index (χ0) is 14.4. The highest BCUT2D eigenvalue weighted by atomic mass is 127. The van der Waals surface area contributed by atoms with E-state index in [1.165, 1.54) is 10.9 Å². The molecule has 3 rings (SSSR count). The Labute approximate surface area is 132 Å². The Balaban J connectivity index is 2.09. The molecule has 1 fully saturated rings. The molecule has 20 heavy (non-hydrogen) atoms. The van der Waals surface area contributed by atoms with Crippen molar-refractivity contribution >= 4 is 51.9 Å². The highest BCUT2D eigenvalue weighted by Crippen LogP contribution is 2.32. The Hall–Kier alpha value is -0.820. The summed E-state index contributed by atoms with van der Waals surface area (Å²) in [7, 11) is 0. The summed E-state index contributed by atoms with van der Waals surface area (Å²) in [6.45, 7) is 0. The van der Waals surface area contributed by atoms with Gasteiger partial charge in [-0.3, -0.25) is 4.57 Å². The fraction of sp³-hybridized carbons (Fsp3) is 0.500. The number of aliphatic hydroxyl groups is 2. The number of H-pyrrole nitrogens is 1. The van der Waals surface area contributed by atoms with Crippen LogP contribution in [0.3, 0.4) is 0 Å². The summed E-state index contributed by atoms with van der Waals surface area (Å²) in [6, 6.07) is 0. The summed E-state index contributed by atoms with van der Waals surface area (Å²) in [4.78, 5) is 11.0. The van der Waals surface area contributed by atoms with Crippen LogP contribution in [-0.4, -0.2) is 52.5 Å². The van der Waals surface area contributed by atoms with Gasteiger partial charge in [-0.25, -0.2) is 4.98 Å². The van der Waals surface area contributed by atoms with Crippen molar-refractivity contribution in [2.24, 2.45) is 0 Å². The maximum absolute atomic E-state index is 10.1. The Kier molecular flexibility index (Phi) is 3.66. The minimum absolute atomic E-state index is 0.155. The molecule has 4 atom stereocenters. The second-order valence-electron chi connectivity index (χ2n) is 4.48. The van der Waals surface area contributed by atoms with Gasteiger partial charge in [0.15, 0.2) is 11.9 Å². The predicted octanol–water partition coefficient (Wildman–Crippen LogP) is 0.125. The van der Waals surface area contributed by atoms with E-state index in [9.17, 15) is 10.2 Å². The number of nitrogen functional groups attached to an aromatic ring is 1. The number of nitrogens with zero attached hydrogens (tertiary/aromatic N) is 3. The lowest BCUT2D eigenvalue weighted by Gasteiger charge is -2.16. The highest BCUT2D eigenvalue weighted by Gasteiger charge is 2.43. The Morgan fingerprint density at radius 1 is 1.50 bits per heavy atom. The monoisotopic (exact) mass is 409 g/mol. The molecular formula is C10H12IN5O3S. The maximum Gasteiger partial charge on any atom is 0.200 e. The number of aromatic amines is 1. The van der Waals surface area contributed by atoms with Crippen molar-refractivity contribution < 1.29 is 14.9 Å². The molecule has 0 spiro atoms. The molecule has 1 saturated heterocycles. The molecule has 0 bridgehead atoms. The van der Waals surface area contributed by atoms with Crippen LogP contribution in [0, 0.1) is 4.64 Å². The average Bonchev–Trinajstić information content (AvgIpc) is 2.93. The van der Waals surface area contributed by atoms with Crippen molar-refractivity contribution in [1.29, 1.82) is 0 Å². The van der Waals surface area contributed by atoms with Gasteiger partial charge in [0, 0.05) is 4.43 Å². The first-order valence-electron chi connectivity index (χ1n) is 5.83. The summed E-state index contributed by atoms with van der Waals surface area (Å²) in [5, 5.41) is 20.0. The number of alkyl halides is 1. The number of rotatable bonds is 2. The predicted molar refractivity (Wildman–Crippen MR) is 81.9 cm³/mol. The first kappa shape index (κ1) is 14.1. The van der Waals surface area contributed by atoms with Crippen LogP contribution in [0.5, 0.6) is 0 Å². The molecule has 0 radical (unpaired) electrons. The average molecular weight is 409 g/mol. The largest absolute Gasteiger partial charge is 0.387 e. The molecule has 1 aliphatic rings. The normalized spacial score (nSPS) is 30.1. The number of fused-ring (bicyclic) bond motifs is 1. The van der Waals surface area contributed by atoms with Crippen molar-refractivity contribution in [3.63, 3.8) is 0 Å². The van der Waals surface area contributed by atoms with Crippen LogP contribution >= 0.6 is 34.8 Å². The number of ether oxygens (including phenoxy) is 1. The molecule has 2 aromatic heterocycles. The van der Waals surface area contributed by atoms with Crippen LogP contribution in [0.1, 0.15) is 6.23 Å². The van der Waals surface area contributed by atoms with E-state index in [1.807, 2.05) is 0 Å². The van der Waals surface area contributed by atoms with Crippen LogP contribution in [-0.2, 0) is 4.74 Å². The lowest BCUT2D eigenvalue weighted by atomic mass is 10.1. The number of aliphatic hydroxyl groups excluding tert-OH is 2. The highest BCUT2D eigenvalue weighted by molar-refractivity contribution is 14.1. The molecule has 0 unspecified atom stereocenters. The molecule has 3 heterocycles. The van der Waals surface area contributed by atoms with Crippen LogP contribution in [0.2, 0.25) is 0 Å². The standard InChI is InChI=1S/C10H12IN5O3S/c11-1-3-5(17)6(18)9(19-3)16-2-13-4-7(16)14-10(12)15-8(4)20/h2-3,5-6,9,17-18H,1H2,(H3,12,14,15,20)/t3-,5+,6+,9-/m1/s1. The molecule has 0 saturated carbocycles. The second kappa shape index (κ2) is 5.18. The Morgan fingerprint density at radius 2 is 2.25 bits per heavy atom. The van der Waals surface area contributed by atoms with E-state index in [0.717, 1.165) is 0 Å². The fourth-order valence-corrected chi connectivity index (χ4v) is 3.19. The van der Waals surface area contributed by atoms with Crippen LogP contribution < -0.4 is 5.73 Å². The molecule has 0 amide bonds. The first-order chi connectivity index (χ1) is 9.52. The molecule has 10 heteroatoms. The molecule has 1 aliphatic heterocycles. The van der Waals surface area contributed by atoms with Crippen molar-refractivity contribution in [2.45, 2.75) is 24.5 Å². The zero-order valence-corrected chi connectivity index (χ0v) is 13.1. The number of aromatic nitrogens is 4. The molecule has 108 valence electrons. The molecule has 2 aromatic rings. The van der Waals surface area contributed by atoms with E-state index in [2.05, 4.69) is 37.5 Å². The molecular weight excluding hydrogens is 397 g/mol. The van der Waals surface area contributed by atoms with E-state index in [0.29, 0.717) is 20.2 Å². The van der Waals surface area contributed by atoms with Gasteiger partial charge in [-0.15, -0.1) is 0 Å². The van der Waals surface area contributed by atoms with Crippen LogP contribution in [0.25, 0.3) is 11.2 Å². The summed E-state index contributed by atoms with van der Waals surface area (Å²) in [6.07, 6.45) is -1.75. The van der Waals surface area contributed by atoms with Gasteiger partial charge >= 0.3 is 0 Å². The van der Waals surface area contributed by atoms with E-state index in [4.69, 9.17) is 22.7 Å². The van der Waals surface area contributed by atoms with Crippen LogP contribution in [0.15, 0.2) is 6.33 Å². The smallest absolute Gasteiger partial charge is 0.200 e. The van der Waals surface area contributed by atoms with Gasteiger partial charge in [0.05, 0.1) is 12.4 Å². The number of nitrogens with one attached hydrogen (secondary N) is 1. The minimum atomic E-state index is -1.06. The Morgan fingerprint density at radius 3 is 2.90 bits per heavy atom. The van der Waals surface area contributed by atoms with E-state index >= 15 is 0 Å². The lowest BCUT2D eigenvalue weighted by Crippen LogP contribution is -2.32. The van der Waals surface area contributed by atoms with Crippen molar-refractivity contribution in [1.82, 2.24) is 19.5 Å². The summed E-state index contributed by atoms with van der Waals surface area (Å²) < 4.78 is 8.12. The molecule has 0 aromatic carbocycles. The molecule has 8 nitrogen and oxygen atoms in total. The van der Waals surface area contributed by atoms with Crippen LogP contribution in [0.4, 0.5) is 5.95 Å². The number of nitrogens with two attached hydrogens (primary N) is 1. The maximum atomic E-state index is 10.1. The number of hydrogen-bond acceptors (Lipinski definition) is 7. The Bertz CT molecular complexity index is 704. The summed E-state index contributed by atoms with van der Waals surface area (Å²) in [5.74, 6) is 0.155. The van der Waals surface area contributed by atoms with Gasteiger partial charge in [-0.2, -0.15) is 4.98 Å². The third-order valence-corrected chi connectivity index (χ3v) is 4.38. The van der Waals surface area contributed by atoms with E-state index in [1.54, 1.807) is 0 Å². The van der Waals surface area contributed by atoms with Gasteiger partial charge in [0.2, 0.25) is 5.95 Å².